The first kappa shape index (κ1) is 14.3. The van der Waals surface area contributed by atoms with Crippen LogP contribution in [0.15, 0.2) is 10.2 Å². The minimum absolute atomic E-state index is 0.514. The predicted octanol–water partition coefficient (Wildman–Crippen LogP) is 2.98. The van der Waals surface area contributed by atoms with Gasteiger partial charge in [0.1, 0.15) is 21.8 Å². The maximum absolute atomic E-state index is 6.16. The average molecular weight is 298 g/mol. The highest BCUT2D eigenvalue weighted by atomic mass is 35.5. The first-order valence-corrected chi connectivity index (χ1v) is 7.29. The number of nitrogens with zero attached hydrogens (tertiary/aromatic N) is 5. The van der Waals surface area contributed by atoms with Gasteiger partial charge in [-0.2, -0.15) is 0 Å². The van der Waals surface area contributed by atoms with Crippen LogP contribution in [0.25, 0.3) is 0 Å². The number of aryl methyl sites for hydroxylation is 2. The van der Waals surface area contributed by atoms with Crippen molar-refractivity contribution in [3.05, 3.63) is 22.4 Å². The summed E-state index contributed by atoms with van der Waals surface area (Å²) in [5.74, 6) is 1.65. The fraction of sp³-hybridized carbons (Fsp3) is 0.500. The molecular weight excluding hydrogens is 282 g/mol. The molecule has 0 aromatic carbocycles. The van der Waals surface area contributed by atoms with Gasteiger partial charge in [-0.05, 0) is 32.0 Å². The second-order valence-corrected chi connectivity index (χ2v) is 5.62. The lowest BCUT2D eigenvalue weighted by Gasteiger charge is -2.08. The summed E-state index contributed by atoms with van der Waals surface area (Å²) in [6.07, 6.45) is 1.82. The van der Waals surface area contributed by atoms with Crippen molar-refractivity contribution in [3.8, 4) is 0 Å². The van der Waals surface area contributed by atoms with Crippen LogP contribution in [0.3, 0.4) is 0 Å². The molecule has 5 nitrogen and oxygen atoms in total. The summed E-state index contributed by atoms with van der Waals surface area (Å²) < 4.78 is 1.93. The van der Waals surface area contributed by atoms with Gasteiger partial charge in [-0.15, -0.1) is 10.2 Å². The van der Waals surface area contributed by atoms with E-state index in [-0.39, 0.29) is 0 Å². The van der Waals surface area contributed by atoms with Crippen LogP contribution in [-0.4, -0.2) is 24.7 Å². The first-order valence-electron chi connectivity index (χ1n) is 6.09. The van der Waals surface area contributed by atoms with Crippen molar-refractivity contribution in [1.82, 2.24) is 24.7 Å². The molecular formula is C12H16ClN5S. The molecule has 0 aliphatic heterocycles. The molecule has 0 atom stereocenters. The van der Waals surface area contributed by atoms with Crippen molar-refractivity contribution in [1.29, 1.82) is 0 Å². The van der Waals surface area contributed by atoms with E-state index in [1.165, 1.54) is 11.8 Å². The van der Waals surface area contributed by atoms with E-state index in [1.54, 1.807) is 0 Å². The molecule has 2 rings (SSSR count). The third-order valence-electron chi connectivity index (χ3n) is 2.80. The molecule has 0 aliphatic rings. The molecule has 0 aliphatic carbocycles. The zero-order valence-electron chi connectivity index (χ0n) is 11.4. The van der Waals surface area contributed by atoms with Gasteiger partial charge in [0.05, 0.1) is 0 Å². The Morgan fingerprint density at radius 1 is 1.21 bits per heavy atom. The first-order chi connectivity index (χ1) is 9.02. The van der Waals surface area contributed by atoms with Gasteiger partial charge in [0.25, 0.3) is 0 Å². The maximum Gasteiger partial charge on any atom is 0.197 e. The molecule has 19 heavy (non-hydrogen) atoms. The molecule has 0 fully saturated rings. The van der Waals surface area contributed by atoms with Crippen molar-refractivity contribution in [2.45, 2.75) is 43.8 Å². The zero-order valence-corrected chi connectivity index (χ0v) is 13.0. The second kappa shape index (κ2) is 5.88. The predicted molar refractivity (Wildman–Crippen MR) is 75.6 cm³/mol. The Morgan fingerprint density at radius 2 is 1.95 bits per heavy atom. The third-order valence-corrected chi connectivity index (χ3v) is 4.30. The average Bonchev–Trinajstić information content (AvgIpc) is 2.67. The quantitative estimate of drug-likeness (QED) is 0.812. The Hall–Kier alpha value is -1.14. The Morgan fingerprint density at radius 3 is 2.53 bits per heavy atom. The molecule has 0 unspecified atom stereocenters. The third kappa shape index (κ3) is 3.06. The standard InChI is InChI=1S/C12H16ClN5S/c1-5-6-9-14-10(13)7(2)11(15-9)19-12-17-16-8(3)18(12)4/h5-6H2,1-4H3. The number of hydrogen-bond donors (Lipinski definition) is 0. The summed E-state index contributed by atoms with van der Waals surface area (Å²) in [7, 11) is 1.93. The van der Waals surface area contributed by atoms with Crippen LogP contribution in [-0.2, 0) is 13.5 Å². The lowest BCUT2D eigenvalue weighted by Crippen LogP contribution is -2.01. The lowest BCUT2D eigenvalue weighted by atomic mass is 10.3. The van der Waals surface area contributed by atoms with Gasteiger partial charge < -0.3 is 4.57 Å². The van der Waals surface area contributed by atoms with Crippen LogP contribution in [0.1, 0.15) is 30.6 Å². The largest absolute Gasteiger partial charge is 0.309 e. The van der Waals surface area contributed by atoms with Crippen molar-refractivity contribution >= 4 is 23.4 Å². The summed E-state index contributed by atoms with van der Waals surface area (Å²) in [5.41, 5.74) is 0.882. The van der Waals surface area contributed by atoms with Gasteiger partial charge in [-0.1, -0.05) is 18.5 Å². The number of rotatable bonds is 4. The van der Waals surface area contributed by atoms with Gasteiger partial charge in [0.2, 0.25) is 0 Å². The zero-order chi connectivity index (χ0) is 14.0. The van der Waals surface area contributed by atoms with E-state index in [9.17, 15) is 0 Å². The van der Waals surface area contributed by atoms with Crippen molar-refractivity contribution < 1.29 is 0 Å². The number of aromatic nitrogens is 5. The Bertz CT molecular complexity index is 596. The van der Waals surface area contributed by atoms with Gasteiger partial charge in [-0.3, -0.25) is 0 Å². The van der Waals surface area contributed by atoms with E-state index in [0.717, 1.165) is 40.2 Å². The Labute approximate surface area is 121 Å². The summed E-state index contributed by atoms with van der Waals surface area (Å²) in [4.78, 5) is 8.85. The van der Waals surface area contributed by atoms with E-state index < -0.39 is 0 Å². The summed E-state index contributed by atoms with van der Waals surface area (Å²) in [6, 6.07) is 0. The Balaban J connectivity index is 2.36. The van der Waals surface area contributed by atoms with E-state index in [4.69, 9.17) is 11.6 Å². The summed E-state index contributed by atoms with van der Waals surface area (Å²) >= 11 is 7.63. The fourth-order valence-electron chi connectivity index (χ4n) is 1.51. The highest BCUT2D eigenvalue weighted by Gasteiger charge is 2.14. The molecule has 102 valence electrons. The molecule has 0 N–H and O–H groups in total. The molecule has 0 saturated heterocycles. The van der Waals surface area contributed by atoms with Crippen LogP contribution < -0.4 is 0 Å². The van der Waals surface area contributed by atoms with Gasteiger partial charge in [0.15, 0.2) is 5.16 Å². The van der Waals surface area contributed by atoms with Crippen molar-refractivity contribution in [2.24, 2.45) is 7.05 Å². The van der Waals surface area contributed by atoms with Gasteiger partial charge in [-0.25, -0.2) is 9.97 Å². The lowest BCUT2D eigenvalue weighted by molar-refractivity contribution is 0.760. The van der Waals surface area contributed by atoms with Crippen LogP contribution in [0.2, 0.25) is 5.15 Å². The highest BCUT2D eigenvalue weighted by Crippen LogP contribution is 2.30. The molecule has 0 bridgehead atoms. The van der Waals surface area contributed by atoms with E-state index >= 15 is 0 Å². The molecule has 7 heteroatoms. The summed E-state index contributed by atoms with van der Waals surface area (Å²) in [5, 5.41) is 10.3. The normalized spacial score (nSPS) is 11.0. The molecule has 2 aromatic rings. The maximum atomic E-state index is 6.16. The molecule has 2 heterocycles. The fourth-order valence-corrected chi connectivity index (χ4v) is 2.68. The Kier molecular flexibility index (Phi) is 4.42. The smallest absolute Gasteiger partial charge is 0.197 e. The van der Waals surface area contributed by atoms with Crippen molar-refractivity contribution in [2.75, 3.05) is 0 Å². The van der Waals surface area contributed by atoms with E-state index in [1.807, 2.05) is 25.5 Å². The molecule has 0 amide bonds. The van der Waals surface area contributed by atoms with Crippen LogP contribution in [0.4, 0.5) is 0 Å². The van der Waals surface area contributed by atoms with Gasteiger partial charge in [0, 0.05) is 19.0 Å². The number of halogens is 1. The highest BCUT2D eigenvalue weighted by molar-refractivity contribution is 7.99. The minimum Gasteiger partial charge on any atom is -0.309 e. The summed E-state index contributed by atoms with van der Waals surface area (Å²) in [6.45, 7) is 5.93. The van der Waals surface area contributed by atoms with Crippen LogP contribution >= 0.6 is 23.4 Å². The monoisotopic (exact) mass is 297 g/mol. The van der Waals surface area contributed by atoms with Gasteiger partial charge >= 0.3 is 0 Å². The van der Waals surface area contributed by atoms with Crippen molar-refractivity contribution in [3.63, 3.8) is 0 Å². The van der Waals surface area contributed by atoms with Crippen LogP contribution in [0.5, 0.6) is 0 Å². The topological polar surface area (TPSA) is 56.5 Å². The molecule has 2 aromatic heterocycles. The molecule has 0 saturated carbocycles. The number of hydrogen-bond acceptors (Lipinski definition) is 5. The minimum atomic E-state index is 0.514. The van der Waals surface area contributed by atoms with E-state index in [2.05, 4.69) is 27.1 Å². The van der Waals surface area contributed by atoms with Crippen LogP contribution in [0, 0.1) is 13.8 Å². The molecule has 0 radical (unpaired) electrons. The SMILES string of the molecule is CCCc1nc(Cl)c(C)c(Sc2nnc(C)n2C)n1. The van der Waals surface area contributed by atoms with E-state index in [0.29, 0.717) is 5.15 Å². The second-order valence-electron chi connectivity index (χ2n) is 4.30. The molecule has 0 spiro atoms.